The number of carbonyl (C=O) groups is 2. The minimum Gasteiger partial charge on any atom is -0.396 e. The average molecular weight is 316 g/mol. The van der Waals surface area contributed by atoms with E-state index in [0.29, 0.717) is 6.54 Å². The summed E-state index contributed by atoms with van der Waals surface area (Å²) in [6, 6.07) is 2.88. The van der Waals surface area contributed by atoms with Crippen molar-refractivity contribution in [3.05, 3.63) is 29.0 Å². The highest BCUT2D eigenvalue weighted by molar-refractivity contribution is 6.31. The maximum atomic E-state index is 13.8. The van der Waals surface area contributed by atoms with Crippen LogP contribution in [-0.2, 0) is 4.79 Å². The molecule has 1 aromatic rings. The van der Waals surface area contributed by atoms with Crippen LogP contribution in [0.25, 0.3) is 0 Å². The quantitative estimate of drug-likeness (QED) is 0.784. The van der Waals surface area contributed by atoms with Crippen molar-refractivity contribution in [2.75, 3.05) is 25.0 Å². The number of halogens is 2. The lowest BCUT2D eigenvalue weighted by Crippen LogP contribution is -2.58. The monoisotopic (exact) mass is 315 g/mol. The number of anilines is 1. The van der Waals surface area contributed by atoms with E-state index < -0.39 is 17.9 Å². The fourth-order valence-corrected chi connectivity index (χ4v) is 2.33. The van der Waals surface area contributed by atoms with Gasteiger partial charge in [0.1, 0.15) is 6.04 Å². The first-order chi connectivity index (χ1) is 10.0. The van der Waals surface area contributed by atoms with Crippen LogP contribution >= 0.6 is 11.6 Å². The summed E-state index contributed by atoms with van der Waals surface area (Å²) in [5.74, 6) is -1.07. The Bertz CT molecular complexity index is 555. The second-order valence-electron chi connectivity index (χ2n) is 4.54. The molecule has 1 saturated heterocycles. The predicted molar refractivity (Wildman–Crippen MR) is 75.6 cm³/mol. The number of nitrogens with zero attached hydrogens (tertiary/aromatic N) is 1. The van der Waals surface area contributed by atoms with E-state index in [1.807, 2.05) is 0 Å². The number of carbonyl (C=O) groups excluding carboxylic acids is 2. The van der Waals surface area contributed by atoms with Crippen LogP contribution in [0, 0.1) is 5.82 Å². The molecular weight excluding hydrogens is 301 g/mol. The van der Waals surface area contributed by atoms with Gasteiger partial charge in [-0.05, 0) is 18.6 Å². The van der Waals surface area contributed by atoms with Gasteiger partial charge in [0, 0.05) is 19.7 Å². The third-order valence-corrected chi connectivity index (χ3v) is 3.48. The van der Waals surface area contributed by atoms with Gasteiger partial charge in [-0.3, -0.25) is 4.79 Å². The third-order valence-electron chi connectivity index (χ3n) is 3.19. The van der Waals surface area contributed by atoms with E-state index in [-0.39, 0.29) is 36.2 Å². The maximum absolute atomic E-state index is 13.8. The van der Waals surface area contributed by atoms with Crippen molar-refractivity contribution in [2.24, 2.45) is 0 Å². The Hall–Kier alpha value is -1.86. The number of hydrogen-bond donors (Lipinski definition) is 3. The molecule has 1 fully saturated rings. The Kier molecular flexibility index (Phi) is 4.98. The van der Waals surface area contributed by atoms with E-state index in [1.165, 1.54) is 23.1 Å². The normalized spacial score (nSPS) is 18.3. The molecular formula is C13H15ClFN3O3. The summed E-state index contributed by atoms with van der Waals surface area (Å²) in [6.45, 7) is 0.365. The van der Waals surface area contributed by atoms with Gasteiger partial charge in [0.15, 0.2) is 5.82 Å². The van der Waals surface area contributed by atoms with Crippen molar-refractivity contribution in [1.82, 2.24) is 10.2 Å². The number of benzene rings is 1. The molecule has 1 heterocycles. The number of hydrogen-bond acceptors (Lipinski definition) is 3. The molecule has 1 aliphatic rings. The van der Waals surface area contributed by atoms with Crippen molar-refractivity contribution < 1.29 is 19.1 Å². The van der Waals surface area contributed by atoms with Gasteiger partial charge in [0.2, 0.25) is 5.91 Å². The molecule has 21 heavy (non-hydrogen) atoms. The Morgan fingerprint density at radius 3 is 3.05 bits per heavy atom. The number of aliphatic hydroxyl groups is 1. The van der Waals surface area contributed by atoms with Crippen molar-refractivity contribution >= 4 is 29.2 Å². The minimum absolute atomic E-state index is 0.0544. The van der Waals surface area contributed by atoms with Crippen LogP contribution in [0.5, 0.6) is 0 Å². The summed E-state index contributed by atoms with van der Waals surface area (Å²) in [5.41, 5.74) is -0.0544. The summed E-state index contributed by atoms with van der Waals surface area (Å²) < 4.78 is 13.8. The van der Waals surface area contributed by atoms with Gasteiger partial charge >= 0.3 is 6.03 Å². The second kappa shape index (κ2) is 6.73. The molecule has 2 rings (SSSR count). The van der Waals surface area contributed by atoms with Gasteiger partial charge in [-0.1, -0.05) is 17.7 Å². The molecule has 1 aromatic carbocycles. The van der Waals surface area contributed by atoms with Gasteiger partial charge in [0.05, 0.1) is 10.7 Å². The summed E-state index contributed by atoms with van der Waals surface area (Å²) in [4.78, 5) is 25.2. The zero-order valence-electron chi connectivity index (χ0n) is 11.1. The zero-order chi connectivity index (χ0) is 15.4. The molecule has 114 valence electrons. The topological polar surface area (TPSA) is 81.7 Å². The third kappa shape index (κ3) is 3.43. The highest BCUT2D eigenvalue weighted by atomic mass is 35.5. The van der Waals surface area contributed by atoms with Crippen LogP contribution in [0.15, 0.2) is 18.2 Å². The number of piperazine rings is 1. The van der Waals surface area contributed by atoms with E-state index in [2.05, 4.69) is 10.6 Å². The lowest BCUT2D eigenvalue weighted by molar-refractivity contribution is -0.128. The van der Waals surface area contributed by atoms with Gasteiger partial charge in [-0.2, -0.15) is 0 Å². The maximum Gasteiger partial charge on any atom is 0.322 e. The molecule has 3 N–H and O–H groups in total. The van der Waals surface area contributed by atoms with E-state index in [4.69, 9.17) is 16.7 Å². The molecule has 0 bridgehead atoms. The van der Waals surface area contributed by atoms with Gasteiger partial charge in [-0.15, -0.1) is 0 Å². The lowest BCUT2D eigenvalue weighted by Gasteiger charge is -2.34. The summed E-state index contributed by atoms with van der Waals surface area (Å²) in [7, 11) is 0. The molecule has 0 saturated carbocycles. The van der Waals surface area contributed by atoms with Gasteiger partial charge in [0.25, 0.3) is 0 Å². The fourth-order valence-electron chi connectivity index (χ4n) is 2.15. The second-order valence-corrected chi connectivity index (χ2v) is 4.95. The zero-order valence-corrected chi connectivity index (χ0v) is 11.9. The van der Waals surface area contributed by atoms with Crippen molar-refractivity contribution in [1.29, 1.82) is 0 Å². The molecule has 1 aliphatic heterocycles. The van der Waals surface area contributed by atoms with Crippen molar-refractivity contribution in [2.45, 2.75) is 12.5 Å². The standard InChI is InChI=1S/C13H15ClFN3O3/c14-8-2-1-3-9(11(8)15)17-13(21)18-6-5-16-12(20)10(18)4-7-19/h1-3,10,19H,4-7H2,(H,16,20)(H,17,21)/t10-/m1/s1. The van der Waals surface area contributed by atoms with Crippen LogP contribution < -0.4 is 10.6 Å². The van der Waals surface area contributed by atoms with Gasteiger partial charge < -0.3 is 20.6 Å². The number of aliphatic hydroxyl groups excluding tert-OH is 1. The Morgan fingerprint density at radius 1 is 1.57 bits per heavy atom. The molecule has 0 spiro atoms. The number of nitrogens with one attached hydrogen (secondary N) is 2. The molecule has 6 nitrogen and oxygen atoms in total. The molecule has 1 atom stereocenters. The van der Waals surface area contributed by atoms with Crippen LogP contribution in [0.4, 0.5) is 14.9 Å². The Balaban J connectivity index is 2.14. The molecule has 8 heteroatoms. The number of urea groups is 1. The van der Waals surface area contributed by atoms with E-state index in [1.54, 1.807) is 0 Å². The average Bonchev–Trinajstić information content (AvgIpc) is 2.46. The highest BCUT2D eigenvalue weighted by Gasteiger charge is 2.32. The summed E-state index contributed by atoms with van der Waals surface area (Å²) in [5, 5.41) is 13.9. The Labute approximate surface area is 125 Å². The highest BCUT2D eigenvalue weighted by Crippen LogP contribution is 2.22. The first-order valence-corrected chi connectivity index (χ1v) is 6.82. The largest absolute Gasteiger partial charge is 0.396 e. The fraction of sp³-hybridized carbons (Fsp3) is 0.385. The van der Waals surface area contributed by atoms with Crippen LogP contribution in [0.1, 0.15) is 6.42 Å². The number of rotatable bonds is 3. The van der Waals surface area contributed by atoms with E-state index in [9.17, 15) is 14.0 Å². The molecule has 0 unspecified atom stereocenters. The molecule has 0 aromatic heterocycles. The predicted octanol–water partition coefficient (Wildman–Crippen LogP) is 1.19. The smallest absolute Gasteiger partial charge is 0.322 e. The van der Waals surface area contributed by atoms with Crippen molar-refractivity contribution in [3.8, 4) is 0 Å². The Morgan fingerprint density at radius 2 is 2.33 bits per heavy atom. The van der Waals surface area contributed by atoms with Gasteiger partial charge in [-0.25, -0.2) is 9.18 Å². The van der Waals surface area contributed by atoms with E-state index in [0.717, 1.165) is 0 Å². The van der Waals surface area contributed by atoms with Crippen LogP contribution in [-0.4, -0.2) is 47.7 Å². The summed E-state index contributed by atoms with van der Waals surface area (Å²) in [6.07, 6.45) is 0.122. The minimum atomic E-state index is -0.772. The molecule has 3 amide bonds. The lowest BCUT2D eigenvalue weighted by atomic mass is 10.1. The first kappa shape index (κ1) is 15.5. The number of amides is 3. The van der Waals surface area contributed by atoms with Crippen LogP contribution in [0.3, 0.4) is 0 Å². The van der Waals surface area contributed by atoms with Crippen LogP contribution in [0.2, 0.25) is 5.02 Å². The van der Waals surface area contributed by atoms with Crippen molar-refractivity contribution in [3.63, 3.8) is 0 Å². The van der Waals surface area contributed by atoms with E-state index >= 15 is 0 Å². The SMILES string of the molecule is O=C1NCCN(C(=O)Nc2cccc(Cl)c2F)[C@@H]1CCO. The first-order valence-electron chi connectivity index (χ1n) is 6.44. The molecule has 0 aliphatic carbocycles. The molecule has 0 radical (unpaired) electrons. The summed E-state index contributed by atoms with van der Waals surface area (Å²) >= 11 is 5.65.